The van der Waals surface area contributed by atoms with Crippen molar-refractivity contribution in [2.24, 2.45) is 0 Å². The van der Waals surface area contributed by atoms with E-state index in [0.29, 0.717) is 0 Å². The minimum absolute atomic E-state index is 0.0451. The molecule has 0 amide bonds. The number of alkyl halides is 1. The van der Waals surface area contributed by atoms with E-state index in [1.165, 1.54) is 0 Å². The summed E-state index contributed by atoms with van der Waals surface area (Å²) in [7, 11) is 1.62. The molecule has 0 spiro atoms. The molecule has 1 rings (SSSR count). The van der Waals surface area contributed by atoms with E-state index in [9.17, 15) is 0 Å². The van der Waals surface area contributed by atoms with E-state index in [0.717, 1.165) is 19.4 Å². The molecule has 0 bridgehead atoms. The second kappa shape index (κ2) is 3.40. The van der Waals surface area contributed by atoms with Crippen LogP contribution in [-0.4, -0.2) is 25.4 Å². The third-order valence-corrected chi connectivity index (χ3v) is 1.86. The van der Waals surface area contributed by atoms with Crippen molar-refractivity contribution in [1.82, 2.24) is 0 Å². The summed E-state index contributed by atoms with van der Waals surface area (Å²) in [6.07, 6.45) is 1.87. The standard InChI is InChI=1S/C6H11ClO2/c1-8-6-5(7)3-2-4-9-6/h5-6H,2-4H2,1H3. The Labute approximate surface area is 60.1 Å². The fraction of sp³-hybridized carbons (Fsp3) is 1.00. The van der Waals surface area contributed by atoms with Gasteiger partial charge >= 0.3 is 0 Å². The molecule has 54 valence electrons. The van der Waals surface area contributed by atoms with E-state index in [2.05, 4.69) is 0 Å². The van der Waals surface area contributed by atoms with Gasteiger partial charge in [-0.25, -0.2) is 0 Å². The molecular formula is C6H11ClO2. The molecule has 0 aliphatic carbocycles. The van der Waals surface area contributed by atoms with Crippen LogP contribution < -0.4 is 0 Å². The van der Waals surface area contributed by atoms with Crippen LogP contribution in [0.5, 0.6) is 0 Å². The number of rotatable bonds is 1. The predicted molar refractivity (Wildman–Crippen MR) is 35.6 cm³/mol. The Balaban J connectivity index is 2.30. The second-order valence-corrected chi connectivity index (χ2v) is 2.69. The maximum atomic E-state index is 5.83. The van der Waals surface area contributed by atoms with E-state index >= 15 is 0 Å². The summed E-state index contributed by atoms with van der Waals surface area (Å²) >= 11 is 5.83. The van der Waals surface area contributed by atoms with Crippen molar-refractivity contribution < 1.29 is 9.47 Å². The molecule has 0 radical (unpaired) electrons. The maximum absolute atomic E-state index is 5.83. The lowest BCUT2D eigenvalue weighted by atomic mass is 10.2. The van der Waals surface area contributed by atoms with Crippen LogP contribution in [0.25, 0.3) is 0 Å². The lowest BCUT2D eigenvalue weighted by Crippen LogP contribution is -2.31. The number of halogens is 1. The van der Waals surface area contributed by atoms with Crippen LogP contribution in [0, 0.1) is 0 Å². The van der Waals surface area contributed by atoms with Crippen LogP contribution in [0.3, 0.4) is 0 Å². The van der Waals surface area contributed by atoms with Gasteiger partial charge in [-0.3, -0.25) is 0 Å². The third-order valence-electron chi connectivity index (χ3n) is 1.43. The van der Waals surface area contributed by atoms with Crippen LogP contribution in [0.4, 0.5) is 0 Å². The molecule has 0 aromatic rings. The molecule has 2 nitrogen and oxygen atoms in total. The van der Waals surface area contributed by atoms with Gasteiger partial charge in [0.15, 0.2) is 6.29 Å². The molecule has 0 N–H and O–H groups in total. The average molecular weight is 151 g/mol. The summed E-state index contributed by atoms with van der Waals surface area (Å²) in [5.74, 6) is 0. The van der Waals surface area contributed by atoms with Crippen molar-refractivity contribution in [3.05, 3.63) is 0 Å². The first kappa shape index (κ1) is 7.32. The smallest absolute Gasteiger partial charge is 0.173 e. The maximum Gasteiger partial charge on any atom is 0.173 e. The fourth-order valence-corrected chi connectivity index (χ4v) is 1.26. The van der Waals surface area contributed by atoms with Crippen LogP contribution in [0.15, 0.2) is 0 Å². The summed E-state index contributed by atoms with van der Waals surface area (Å²) in [5, 5.41) is 0.0451. The topological polar surface area (TPSA) is 18.5 Å². The van der Waals surface area contributed by atoms with Crippen LogP contribution in [0.2, 0.25) is 0 Å². The Morgan fingerprint density at radius 3 is 2.89 bits per heavy atom. The Bertz CT molecular complexity index is 87.1. The molecule has 2 unspecified atom stereocenters. The quantitative estimate of drug-likeness (QED) is 0.526. The van der Waals surface area contributed by atoms with E-state index in [-0.39, 0.29) is 11.7 Å². The lowest BCUT2D eigenvalue weighted by Gasteiger charge is -2.25. The Morgan fingerprint density at radius 1 is 1.67 bits per heavy atom. The molecule has 2 atom stereocenters. The Hall–Kier alpha value is 0.210. The van der Waals surface area contributed by atoms with E-state index < -0.39 is 0 Å². The third kappa shape index (κ3) is 1.81. The van der Waals surface area contributed by atoms with Gasteiger partial charge in [0.2, 0.25) is 0 Å². The Kier molecular flexibility index (Phi) is 2.76. The minimum Gasteiger partial charge on any atom is -0.354 e. The summed E-state index contributed by atoms with van der Waals surface area (Å²) in [6, 6.07) is 0. The van der Waals surface area contributed by atoms with Gasteiger partial charge in [0, 0.05) is 13.7 Å². The second-order valence-electron chi connectivity index (χ2n) is 2.13. The van der Waals surface area contributed by atoms with Gasteiger partial charge in [-0.2, -0.15) is 0 Å². The van der Waals surface area contributed by atoms with E-state index in [1.807, 2.05) is 0 Å². The van der Waals surface area contributed by atoms with E-state index in [4.69, 9.17) is 21.1 Å². The molecule has 0 aromatic carbocycles. The van der Waals surface area contributed by atoms with Crippen molar-refractivity contribution in [2.75, 3.05) is 13.7 Å². The molecule has 3 heteroatoms. The first-order valence-corrected chi connectivity index (χ1v) is 3.56. The molecule has 1 heterocycles. The molecular weight excluding hydrogens is 140 g/mol. The fourth-order valence-electron chi connectivity index (χ4n) is 0.934. The monoisotopic (exact) mass is 150 g/mol. The van der Waals surface area contributed by atoms with E-state index in [1.54, 1.807) is 7.11 Å². The summed E-state index contributed by atoms with van der Waals surface area (Å²) in [6.45, 7) is 0.779. The van der Waals surface area contributed by atoms with Gasteiger partial charge < -0.3 is 9.47 Å². The molecule has 0 aromatic heterocycles. The van der Waals surface area contributed by atoms with Crippen molar-refractivity contribution in [1.29, 1.82) is 0 Å². The van der Waals surface area contributed by atoms with Crippen molar-refractivity contribution in [3.8, 4) is 0 Å². The highest BCUT2D eigenvalue weighted by atomic mass is 35.5. The number of hydrogen-bond acceptors (Lipinski definition) is 2. The number of hydrogen-bond donors (Lipinski definition) is 0. The summed E-state index contributed by atoms with van der Waals surface area (Å²) in [4.78, 5) is 0. The number of ether oxygens (including phenoxy) is 2. The highest BCUT2D eigenvalue weighted by molar-refractivity contribution is 6.20. The first-order chi connectivity index (χ1) is 4.34. The largest absolute Gasteiger partial charge is 0.354 e. The van der Waals surface area contributed by atoms with Crippen LogP contribution in [-0.2, 0) is 9.47 Å². The molecule has 0 saturated carbocycles. The average Bonchev–Trinajstić information content (AvgIpc) is 1.89. The zero-order valence-corrected chi connectivity index (χ0v) is 6.23. The first-order valence-electron chi connectivity index (χ1n) is 3.13. The molecule has 1 aliphatic rings. The van der Waals surface area contributed by atoms with Gasteiger partial charge in [-0.15, -0.1) is 11.6 Å². The van der Waals surface area contributed by atoms with Gasteiger partial charge in [0.05, 0.1) is 5.38 Å². The lowest BCUT2D eigenvalue weighted by molar-refractivity contribution is -0.142. The van der Waals surface area contributed by atoms with Crippen molar-refractivity contribution >= 4 is 11.6 Å². The zero-order chi connectivity index (χ0) is 6.69. The summed E-state index contributed by atoms with van der Waals surface area (Å²) in [5.41, 5.74) is 0. The van der Waals surface area contributed by atoms with Crippen LogP contribution in [0.1, 0.15) is 12.8 Å². The minimum atomic E-state index is -0.180. The number of methoxy groups -OCH3 is 1. The van der Waals surface area contributed by atoms with Crippen LogP contribution >= 0.6 is 11.6 Å². The van der Waals surface area contributed by atoms with Gasteiger partial charge in [0.25, 0.3) is 0 Å². The predicted octanol–water partition coefficient (Wildman–Crippen LogP) is 1.38. The molecule has 1 saturated heterocycles. The zero-order valence-electron chi connectivity index (χ0n) is 5.47. The SMILES string of the molecule is COC1OCCCC1Cl. The molecule has 1 fully saturated rings. The van der Waals surface area contributed by atoms with Gasteiger partial charge in [0.1, 0.15) is 0 Å². The normalized spacial score (nSPS) is 36.7. The molecule has 9 heavy (non-hydrogen) atoms. The Morgan fingerprint density at radius 2 is 2.44 bits per heavy atom. The van der Waals surface area contributed by atoms with Gasteiger partial charge in [-0.05, 0) is 12.8 Å². The molecule has 1 aliphatic heterocycles. The highest BCUT2D eigenvalue weighted by Gasteiger charge is 2.22. The highest BCUT2D eigenvalue weighted by Crippen LogP contribution is 2.19. The summed E-state index contributed by atoms with van der Waals surface area (Å²) < 4.78 is 10.1. The van der Waals surface area contributed by atoms with Crippen molar-refractivity contribution in [3.63, 3.8) is 0 Å². The van der Waals surface area contributed by atoms with Crippen molar-refractivity contribution in [2.45, 2.75) is 24.5 Å². The van der Waals surface area contributed by atoms with Gasteiger partial charge in [-0.1, -0.05) is 0 Å².